The van der Waals surface area contributed by atoms with Gasteiger partial charge in [0, 0.05) is 32.5 Å². The number of halogens is 1. The summed E-state index contributed by atoms with van der Waals surface area (Å²) in [4.78, 5) is 13.1. The lowest BCUT2D eigenvalue weighted by Crippen LogP contribution is -2.19. The predicted octanol–water partition coefficient (Wildman–Crippen LogP) is 3.39. The van der Waals surface area contributed by atoms with Crippen LogP contribution in [-0.4, -0.2) is 29.4 Å². The number of carbonyl (C=O) groups excluding carboxylic acids is 1. The van der Waals surface area contributed by atoms with Crippen LogP contribution in [0.3, 0.4) is 0 Å². The van der Waals surface area contributed by atoms with E-state index in [0.717, 1.165) is 15.3 Å². The fourth-order valence-corrected chi connectivity index (χ4v) is 3.97. The Balaban J connectivity index is 2.36. The number of benzene rings is 1. The van der Waals surface area contributed by atoms with Crippen molar-refractivity contribution in [1.82, 2.24) is 5.43 Å². The fraction of sp³-hybridized carbons (Fsp3) is 0.200. The maximum Gasteiger partial charge on any atom is 0.427 e. The average molecular weight is 371 g/mol. The Bertz CT molecular complexity index is 741. The molecule has 2 aromatic rings. The van der Waals surface area contributed by atoms with Crippen LogP contribution in [0.25, 0.3) is 0 Å². The van der Waals surface area contributed by atoms with Crippen molar-refractivity contribution in [2.75, 3.05) is 13.4 Å². The summed E-state index contributed by atoms with van der Waals surface area (Å²) in [7, 11) is 0.357. The van der Waals surface area contributed by atoms with Gasteiger partial charge in [-0.2, -0.15) is 5.10 Å². The Kier molecular flexibility index (Phi) is 6.32. The van der Waals surface area contributed by atoms with Crippen LogP contribution in [0.4, 0.5) is 4.79 Å². The molecule has 0 saturated carbocycles. The van der Waals surface area contributed by atoms with Gasteiger partial charge < -0.3 is 4.74 Å². The summed E-state index contributed by atoms with van der Waals surface area (Å²) in [5.41, 5.74) is 3.73. The van der Waals surface area contributed by atoms with Crippen molar-refractivity contribution >= 4 is 45.5 Å². The van der Waals surface area contributed by atoms with Gasteiger partial charge in [-0.15, -0.1) is 11.3 Å². The number of methoxy groups -OCH3 is 1. The third kappa shape index (κ3) is 5.16. The largest absolute Gasteiger partial charge is 0.452 e. The third-order valence-electron chi connectivity index (χ3n) is 2.80. The standard InChI is InChI=1S/C15H15ClN2O3S2/c1-21-15(19)18-17-14(10-3-5-11(16)6-4-10)13-8-7-12(22-13)9-23(2)20/h3-8H,9H2,1-2H3,(H,18,19). The van der Waals surface area contributed by atoms with E-state index in [9.17, 15) is 9.00 Å². The second-order valence-corrected chi connectivity index (χ2v) is 7.59. The normalized spacial score (nSPS) is 12.7. The predicted molar refractivity (Wildman–Crippen MR) is 94.7 cm³/mol. The molecule has 5 nitrogen and oxygen atoms in total. The molecule has 1 heterocycles. The van der Waals surface area contributed by atoms with E-state index >= 15 is 0 Å². The molecule has 23 heavy (non-hydrogen) atoms. The van der Waals surface area contributed by atoms with E-state index < -0.39 is 16.9 Å². The van der Waals surface area contributed by atoms with Crippen LogP contribution >= 0.6 is 22.9 Å². The highest BCUT2D eigenvalue weighted by molar-refractivity contribution is 7.83. The number of thiophene rings is 1. The minimum atomic E-state index is -0.913. The minimum absolute atomic E-state index is 0.489. The highest BCUT2D eigenvalue weighted by atomic mass is 35.5. The molecule has 1 aromatic carbocycles. The first kappa shape index (κ1) is 17.7. The van der Waals surface area contributed by atoms with Gasteiger partial charge in [0.25, 0.3) is 0 Å². The summed E-state index contributed by atoms with van der Waals surface area (Å²) >= 11 is 7.39. The van der Waals surface area contributed by atoms with Crippen molar-refractivity contribution in [2.24, 2.45) is 5.10 Å². The van der Waals surface area contributed by atoms with Crippen LogP contribution in [0.15, 0.2) is 41.5 Å². The van der Waals surface area contributed by atoms with E-state index in [2.05, 4.69) is 15.3 Å². The zero-order valence-electron chi connectivity index (χ0n) is 12.5. The van der Waals surface area contributed by atoms with E-state index in [1.807, 2.05) is 24.3 Å². The first-order valence-corrected chi connectivity index (χ1v) is 9.48. The SMILES string of the molecule is COC(=O)NN=C(c1ccc(Cl)cc1)c1ccc(CS(C)=O)s1. The van der Waals surface area contributed by atoms with E-state index in [1.54, 1.807) is 18.4 Å². The molecular weight excluding hydrogens is 356 g/mol. The maximum atomic E-state index is 11.4. The van der Waals surface area contributed by atoms with Crippen molar-refractivity contribution in [3.05, 3.63) is 56.7 Å². The molecule has 1 aromatic heterocycles. The van der Waals surface area contributed by atoms with Crippen LogP contribution in [0.2, 0.25) is 5.02 Å². The van der Waals surface area contributed by atoms with Gasteiger partial charge in [0.1, 0.15) is 5.71 Å². The van der Waals surface area contributed by atoms with E-state index in [4.69, 9.17) is 11.6 Å². The van der Waals surface area contributed by atoms with Gasteiger partial charge >= 0.3 is 6.09 Å². The van der Waals surface area contributed by atoms with Crippen molar-refractivity contribution in [2.45, 2.75) is 5.75 Å². The van der Waals surface area contributed by atoms with Crippen molar-refractivity contribution in [3.63, 3.8) is 0 Å². The molecule has 122 valence electrons. The molecule has 0 aliphatic heterocycles. The van der Waals surface area contributed by atoms with Gasteiger partial charge in [-0.3, -0.25) is 4.21 Å². The number of amides is 1. The van der Waals surface area contributed by atoms with Gasteiger partial charge in [0.15, 0.2) is 0 Å². The Labute approximate surface area is 145 Å². The zero-order valence-corrected chi connectivity index (χ0v) is 14.9. The molecule has 0 saturated heterocycles. The zero-order chi connectivity index (χ0) is 16.8. The smallest absolute Gasteiger partial charge is 0.427 e. The minimum Gasteiger partial charge on any atom is -0.452 e. The maximum absolute atomic E-state index is 11.4. The number of hydrazone groups is 1. The summed E-state index contributed by atoms with van der Waals surface area (Å²) in [6.07, 6.45) is 1.01. The molecule has 0 fully saturated rings. The Hall–Kier alpha value is -1.70. The van der Waals surface area contributed by atoms with Crippen LogP contribution < -0.4 is 5.43 Å². The quantitative estimate of drug-likeness (QED) is 0.648. The number of hydrogen-bond donors (Lipinski definition) is 1. The van der Waals surface area contributed by atoms with Crippen LogP contribution in [0, 0.1) is 0 Å². The molecule has 1 amide bonds. The van der Waals surface area contributed by atoms with Crippen LogP contribution in [0.1, 0.15) is 15.3 Å². The molecule has 0 aliphatic carbocycles. The second-order valence-electron chi connectivity index (χ2n) is 4.55. The molecule has 8 heteroatoms. The highest BCUT2D eigenvalue weighted by Gasteiger charge is 2.12. The number of rotatable bonds is 5. The number of nitrogens with one attached hydrogen (secondary N) is 1. The second kappa shape index (κ2) is 8.24. The lowest BCUT2D eigenvalue weighted by Gasteiger charge is -2.05. The van der Waals surface area contributed by atoms with Crippen molar-refractivity contribution in [1.29, 1.82) is 0 Å². The molecule has 0 radical (unpaired) electrons. The Morgan fingerprint density at radius 3 is 2.61 bits per heavy atom. The molecule has 1 unspecified atom stereocenters. The monoisotopic (exact) mass is 370 g/mol. The lowest BCUT2D eigenvalue weighted by molar-refractivity contribution is 0.171. The first-order valence-electron chi connectivity index (χ1n) is 6.56. The molecular formula is C15H15ClN2O3S2. The average Bonchev–Trinajstić information content (AvgIpc) is 2.96. The summed E-state index contributed by atoms with van der Waals surface area (Å²) in [6.45, 7) is 0. The number of carbonyl (C=O) groups is 1. The topological polar surface area (TPSA) is 67.8 Å². The van der Waals surface area contributed by atoms with Gasteiger partial charge in [0.2, 0.25) is 0 Å². The number of ether oxygens (including phenoxy) is 1. The highest BCUT2D eigenvalue weighted by Crippen LogP contribution is 2.22. The summed E-state index contributed by atoms with van der Waals surface area (Å²) < 4.78 is 15.9. The first-order chi connectivity index (χ1) is 11.0. The summed E-state index contributed by atoms with van der Waals surface area (Å²) in [5, 5.41) is 4.75. The lowest BCUT2D eigenvalue weighted by atomic mass is 10.1. The van der Waals surface area contributed by atoms with Crippen molar-refractivity contribution < 1.29 is 13.7 Å². The molecule has 1 N–H and O–H groups in total. The van der Waals surface area contributed by atoms with Gasteiger partial charge in [0.05, 0.1) is 17.7 Å². The summed E-state index contributed by atoms with van der Waals surface area (Å²) in [5.74, 6) is 0.489. The fourth-order valence-electron chi connectivity index (χ4n) is 1.80. The van der Waals surface area contributed by atoms with Crippen LogP contribution in [-0.2, 0) is 21.3 Å². The summed E-state index contributed by atoms with van der Waals surface area (Å²) in [6, 6.07) is 10.9. The van der Waals surface area contributed by atoms with E-state index in [-0.39, 0.29) is 0 Å². The van der Waals surface area contributed by atoms with E-state index in [0.29, 0.717) is 16.5 Å². The molecule has 0 aliphatic rings. The van der Waals surface area contributed by atoms with Gasteiger partial charge in [-0.1, -0.05) is 23.7 Å². The molecule has 1 atom stereocenters. The Morgan fingerprint density at radius 2 is 2.00 bits per heavy atom. The van der Waals surface area contributed by atoms with Gasteiger partial charge in [-0.25, -0.2) is 10.2 Å². The molecule has 0 bridgehead atoms. The molecule has 0 spiro atoms. The number of nitrogens with zero attached hydrogens (tertiary/aromatic N) is 1. The van der Waals surface area contributed by atoms with E-state index in [1.165, 1.54) is 18.4 Å². The van der Waals surface area contributed by atoms with Gasteiger partial charge in [-0.05, 0) is 24.3 Å². The van der Waals surface area contributed by atoms with Crippen LogP contribution in [0.5, 0.6) is 0 Å². The Morgan fingerprint density at radius 1 is 1.30 bits per heavy atom. The van der Waals surface area contributed by atoms with Crippen molar-refractivity contribution in [3.8, 4) is 0 Å². The third-order valence-corrected chi connectivity index (χ3v) is 5.05. The number of hydrogen-bond acceptors (Lipinski definition) is 5. The molecule has 2 rings (SSSR count).